The van der Waals surface area contributed by atoms with E-state index < -0.39 is 0 Å². The van der Waals surface area contributed by atoms with Gasteiger partial charge in [0.05, 0.1) is 28.5 Å². The Bertz CT molecular complexity index is 1320. The van der Waals surface area contributed by atoms with Crippen LogP contribution >= 0.6 is 27.5 Å². The first kappa shape index (κ1) is 24.6. The predicted octanol–water partition coefficient (Wildman–Crippen LogP) is 6.63. The predicted molar refractivity (Wildman–Crippen MR) is 142 cm³/mol. The van der Waals surface area contributed by atoms with Crippen LogP contribution in [0, 0.1) is 0 Å². The summed E-state index contributed by atoms with van der Waals surface area (Å²) in [5.41, 5.74) is 5.61. The van der Waals surface area contributed by atoms with Gasteiger partial charge in [-0.2, -0.15) is 5.10 Å². The standard InChI is InChI=1S/C27H23BrClN3O3/c1-2-34-25-16-20(15-23(28)26(25)35-18-19-9-11-21(29)12-10-19)17-30-31-27(33)22-7-3-4-8-24(22)32-13-5-6-14-32/h3-17H,2,18H2,1H3,(H,31,33)/b30-17-. The van der Waals surface area contributed by atoms with E-state index in [0.29, 0.717) is 39.8 Å². The summed E-state index contributed by atoms with van der Waals surface area (Å²) in [6.07, 6.45) is 5.34. The average molecular weight is 553 g/mol. The average Bonchev–Trinajstić information content (AvgIpc) is 3.40. The third kappa shape index (κ3) is 6.32. The van der Waals surface area contributed by atoms with E-state index >= 15 is 0 Å². The molecule has 0 fully saturated rings. The van der Waals surface area contributed by atoms with Crippen molar-refractivity contribution in [3.63, 3.8) is 0 Å². The zero-order chi connectivity index (χ0) is 24.6. The van der Waals surface area contributed by atoms with Crippen molar-refractivity contribution in [3.8, 4) is 17.2 Å². The lowest BCUT2D eigenvalue weighted by Gasteiger charge is -2.15. The first-order valence-electron chi connectivity index (χ1n) is 10.9. The molecule has 178 valence electrons. The number of carbonyl (C=O) groups excluding carboxylic acids is 1. The molecule has 4 rings (SSSR count). The number of halogens is 2. The van der Waals surface area contributed by atoms with E-state index in [1.54, 1.807) is 12.3 Å². The molecule has 0 saturated heterocycles. The molecule has 4 aromatic rings. The van der Waals surface area contributed by atoms with Crippen LogP contribution in [-0.2, 0) is 6.61 Å². The number of nitrogens with zero attached hydrogens (tertiary/aromatic N) is 2. The summed E-state index contributed by atoms with van der Waals surface area (Å²) < 4.78 is 14.4. The monoisotopic (exact) mass is 551 g/mol. The largest absolute Gasteiger partial charge is 0.490 e. The fraction of sp³-hybridized carbons (Fsp3) is 0.111. The van der Waals surface area contributed by atoms with Crippen molar-refractivity contribution in [2.75, 3.05) is 6.61 Å². The smallest absolute Gasteiger partial charge is 0.273 e. The molecule has 6 nitrogen and oxygen atoms in total. The Kier molecular flexibility index (Phi) is 8.23. The highest BCUT2D eigenvalue weighted by molar-refractivity contribution is 9.10. The molecule has 0 bridgehead atoms. The molecule has 0 aliphatic rings. The number of ether oxygens (including phenoxy) is 2. The number of aromatic nitrogens is 1. The summed E-state index contributed by atoms with van der Waals surface area (Å²) in [4.78, 5) is 12.8. The van der Waals surface area contributed by atoms with Gasteiger partial charge in [-0.1, -0.05) is 35.9 Å². The minimum absolute atomic E-state index is 0.308. The van der Waals surface area contributed by atoms with E-state index in [1.165, 1.54) is 0 Å². The van der Waals surface area contributed by atoms with Gasteiger partial charge in [-0.15, -0.1) is 0 Å². The highest BCUT2D eigenvalue weighted by Crippen LogP contribution is 2.37. The van der Waals surface area contributed by atoms with Crippen molar-refractivity contribution in [2.24, 2.45) is 5.10 Å². The molecule has 0 unspecified atom stereocenters. The third-order valence-electron chi connectivity index (χ3n) is 5.04. The van der Waals surface area contributed by atoms with Crippen molar-refractivity contribution >= 4 is 39.7 Å². The second-order valence-corrected chi connectivity index (χ2v) is 8.78. The number of hydrogen-bond donors (Lipinski definition) is 1. The Hall–Kier alpha value is -3.55. The number of carbonyl (C=O) groups is 1. The highest BCUT2D eigenvalue weighted by Gasteiger charge is 2.13. The Morgan fingerprint density at radius 3 is 2.54 bits per heavy atom. The molecule has 0 aliphatic carbocycles. The van der Waals surface area contributed by atoms with Gasteiger partial charge in [0.1, 0.15) is 6.61 Å². The second-order valence-electron chi connectivity index (χ2n) is 7.48. The van der Waals surface area contributed by atoms with Crippen molar-refractivity contribution in [1.29, 1.82) is 0 Å². The van der Waals surface area contributed by atoms with Crippen LogP contribution in [0.2, 0.25) is 5.02 Å². The molecule has 1 aromatic heterocycles. The van der Waals surface area contributed by atoms with Crippen LogP contribution in [0.4, 0.5) is 0 Å². The van der Waals surface area contributed by atoms with Crippen LogP contribution in [0.1, 0.15) is 28.4 Å². The van der Waals surface area contributed by atoms with E-state index in [4.69, 9.17) is 21.1 Å². The summed E-state index contributed by atoms with van der Waals surface area (Å²) >= 11 is 9.52. The van der Waals surface area contributed by atoms with Gasteiger partial charge in [0.25, 0.3) is 5.91 Å². The van der Waals surface area contributed by atoms with Gasteiger partial charge in [0.15, 0.2) is 11.5 Å². The van der Waals surface area contributed by atoms with Crippen LogP contribution in [-0.4, -0.2) is 23.3 Å². The van der Waals surface area contributed by atoms with Crippen LogP contribution in [0.3, 0.4) is 0 Å². The van der Waals surface area contributed by atoms with Crippen LogP contribution in [0.15, 0.2) is 94.8 Å². The molecule has 1 heterocycles. The van der Waals surface area contributed by atoms with Crippen molar-refractivity contribution in [1.82, 2.24) is 9.99 Å². The first-order chi connectivity index (χ1) is 17.0. The molecular formula is C27H23BrClN3O3. The second kappa shape index (κ2) is 11.7. The maximum absolute atomic E-state index is 12.8. The van der Waals surface area contributed by atoms with Crippen LogP contribution in [0.25, 0.3) is 5.69 Å². The summed E-state index contributed by atoms with van der Waals surface area (Å²) in [5, 5.41) is 4.83. The normalized spacial score (nSPS) is 10.9. The molecule has 0 atom stereocenters. The molecule has 35 heavy (non-hydrogen) atoms. The molecule has 0 saturated carbocycles. The van der Waals surface area contributed by atoms with Gasteiger partial charge in [-0.05, 0) is 82.5 Å². The van der Waals surface area contributed by atoms with E-state index in [0.717, 1.165) is 16.8 Å². The lowest BCUT2D eigenvalue weighted by atomic mass is 10.1. The van der Waals surface area contributed by atoms with Gasteiger partial charge in [-0.25, -0.2) is 5.43 Å². The fourth-order valence-corrected chi connectivity index (χ4v) is 4.11. The Morgan fingerprint density at radius 1 is 1.06 bits per heavy atom. The zero-order valence-electron chi connectivity index (χ0n) is 18.9. The quantitative estimate of drug-likeness (QED) is 0.187. The lowest BCUT2D eigenvalue weighted by molar-refractivity contribution is 0.0955. The van der Waals surface area contributed by atoms with Gasteiger partial charge in [0.2, 0.25) is 0 Å². The number of hydrazone groups is 1. The van der Waals surface area contributed by atoms with Gasteiger partial charge in [0, 0.05) is 17.4 Å². The molecule has 1 N–H and O–H groups in total. The number of benzene rings is 3. The van der Waals surface area contributed by atoms with E-state index in [2.05, 4.69) is 26.5 Å². The van der Waals surface area contributed by atoms with Crippen LogP contribution < -0.4 is 14.9 Å². The van der Waals surface area contributed by atoms with Gasteiger partial charge >= 0.3 is 0 Å². The van der Waals surface area contributed by atoms with Crippen LogP contribution in [0.5, 0.6) is 11.5 Å². The molecule has 0 spiro atoms. The topological polar surface area (TPSA) is 64.8 Å². The summed E-state index contributed by atoms with van der Waals surface area (Å²) in [6.45, 7) is 2.73. The molecule has 8 heteroatoms. The number of rotatable bonds is 9. The molecular weight excluding hydrogens is 530 g/mol. The van der Waals surface area contributed by atoms with Crippen molar-refractivity contribution in [3.05, 3.63) is 111 Å². The molecule has 0 radical (unpaired) electrons. The third-order valence-corrected chi connectivity index (χ3v) is 5.88. The summed E-state index contributed by atoms with van der Waals surface area (Å²) in [6, 6.07) is 22.3. The number of para-hydroxylation sites is 1. The Balaban J connectivity index is 1.48. The molecule has 1 amide bonds. The highest BCUT2D eigenvalue weighted by atomic mass is 79.9. The Morgan fingerprint density at radius 2 is 1.80 bits per heavy atom. The van der Waals surface area contributed by atoms with Gasteiger partial charge in [-0.3, -0.25) is 4.79 Å². The fourth-order valence-electron chi connectivity index (χ4n) is 3.41. The van der Waals surface area contributed by atoms with Crippen molar-refractivity contribution < 1.29 is 14.3 Å². The lowest BCUT2D eigenvalue weighted by Crippen LogP contribution is -2.19. The number of nitrogens with one attached hydrogen (secondary N) is 1. The maximum atomic E-state index is 12.8. The first-order valence-corrected chi connectivity index (χ1v) is 12.1. The van der Waals surface area contributed by atoms with E-state index in [1.807, 2.05) is 90.6 Å². The number of hydrogen-bond acceptors (Lipinski definition) is 4. The molecule has 3 aromatic carbocycles. The zero-order valence-corrected chi connectivity index (χ0v) is 21.3. The number of amides is 1. The van der Waals surface area contributed by atoms with E-state index in [-0.39, 0.29) is 5.91 Å². The Labute approximate surface area is 217 Å². The minimum atomic E-state index is -0.308. The summed E-state index contributed by atoms with van der Waals surface area (Å²) in [7, 11) is 0. The minimum Gasteiger partial charge on any atom is -0.490 e. The van der Waals surface area contributed by atoms with Crippen molar-refractivity contribution in [2.45, 2.75) is 13.5 Å². The van der Waals surface area contributed by atoms with Gasteiger partial charge < -0.3 is 14.0 Å². The SMILES string of the molecule is CCOc1cc(/C=N\NC(=O)c2ccccc2-n2cccc2)cc(Br)c1OCc1ccc(Cl)cc1. The van der Waals surface area contributed by atoms with E-state index in [9.17, 15) is 4.79 Å². The molecule has 0 aliphatic heterocycles. The summed E-state index contributed by atoms with van der Waals surface area (Å²) in [5.74, 6) is 0.850. The maximum Gasteiger partial charge on any atom is 0.273 e.